The molecule has 1 saturated carbocycles. The molecule has 0 amide bonds. The van der Waals surface area contributed by atoms with E-state index < -0.39 is 5.60 Å². The quantitative estimate of drug-likeness (QED) is 0.462. The van der Waals surface area contributed by atoms with Crippen molar-refractivity contribution in [2.45, 2.75) is 44.6 Å². The van der Waals surface area contributed by atoms with Crippen molar-refractivity contribution in [2.24, 2.45) is 0 Å². The molecule has 0 aromatic rings. The summed E-state index contributed by atoms with van der Waals surface area (Å²) in [7, 11) is 0. The Morgan fingerprint density at radius 1 is 1.33 bits per heavy atom. The maximum Gasteiger partial charge on any atom is 0.294 e. The number of carbonyl (C=O) groups excluding carboxylic acids is 1. The molecule has 0 aliphatic heterocycles. The van der Waals surface area contributed by atoms with Gasteiger partial charge in [0.05, 0.1) is 0 Å². The van der Waals surface area contributed by atoms with Gasteiger partial charge in [0.15, 0.2) is 5.60 Å². The third kappa shape index (κ3) is 2.01. The Hall–Kier alpha value is -0.970. The van der Waals surface area contributed by atoms with Crippen LogP contribution in [-0.4, -0.2) is 12.1 Å². The zero-order chi connectivity index (χ0) is 8.86. The molecule has 2 heteroatoms. The molecule has 0 aromatic heterocycles. The van der Waals surface area contributed by atoms with Crippen LogP contribution in [0.3, 0.4) is 0 Å². The molecule has 1 aliphatic rings. The normalized spacial score (nSPS) is 20.4. The molecule has 2 nitrogen and oxygen atoms in total. The summed E-state index contributed by atoms with van der Waals surface area (Å²) in [6, 6.07) is 0. The van der Waals surface area contributed by atoms with Gasteiger partial charge in [-0.15, -0.1) is 5.92 Å². The summed E-state index contributed by atoms with van der Waals surface area (Å²) in [4.78, 5) is 10.3. The second-order valence-electron chi connectivity index (χ2n) is 3.14. The van der Waals surface area contributed by atoms with E-state index in [-0.39, 0.29) is 0 Å². The molecule has 0 saturated heterocycles. The van der Waals surface area contributed by atoms with Crippen LogP contribution in [0, 0.1) is 11.8 Å². The van der Waals surface area contributed by atoms with Crippen LogP contribution in [0.2, 0.25) is 0 Å². The summed E-state index contributed by atoms with van der Waals surface area (Å²) in [6.07, 6.45) is 5.25. The topological polar surface area (TPSA) is 26.3 Å². The van der Waals surface area contributed by atoms with Crippen LogP contribution in [0.15, 0.2) is 0 Å². The van der Waals surface area contributed by atoms with Crippen molar-refractivity contribution in [3.8, 4) is 11.8 Å². The van der Waals surface area contributed by atoms with E-state index in [2.05, 4.69) is 11.8 Å². The zero-order valence-corrected chi connectivity index (χ0v) is 7.43. The minimum atomic E-state index is -0.450. The highest BCUT2D eigenvalue weighted by molar-refractivity contribution is 5.40. The Labute approximate surface area is 73.3 Å². The third-order valence-electron chi connectivity index (χ3n) is 2.29. The highest BCUT2D eigenvalue weighted by atomic mass is 16.5. The second kappa shape index (κ2) is 4.15. The first-order chi connectivity index (χ1) is 5.83. The fraction of sp³-hybridized carbons (Fsp3) is 0.700. The zero-order valence-electron chi connectivity index (χ0n) is 7.43. The van der Waals surface area contributed by atoms with Gasteiger partial charge in [-0.3, -0.25) is 4.79 Å². The number of hydrogen-bond acceptors (Lipinski definition) is 2. The maximum absolute atomic E-state index is 10.3. The fourth-order valence-electron chi connectivity index (χ4n) is 1.72. The van der Waals surface area contributed by atoms with Gasteiger partial charge in [-0.1, -0.05) is 12.3 Å². The van der Waals surface area contributed by atoms with Gasteiger partial charge in [0, 0.05) is 0 Å². The first kappa shape index (κ1) is 9.12. The van der Waals surface area contributed by atoms with E-state index >= 15 is 0 Å². The van der Waals surface area contributed by atoms with E-state index in [1.165, 1.54) is 6.42 Å². The van der Waals surface area contributed by atoms with Crippen molar-refractivity contribution >= 4 is 6.47 Å². The summed E-state index contributed by atoms with van der Waals surface area (Å²) in [5.41, 5.74) is -0.450. The van der Waals surface area contributed by atoms with Gasteiger partial charge in [-0.25, -0.2) is 0 Å². The monoisotopic (exact) mass is 166 g/mol. The minimum absolute atomic E-state index is 0.450. The summed E-state index contributed by atoms with van der Waals surface area (Å²) in [5.74, 6) is 5.82. The van der Waals surface area contributed by atoms with Gasteiger partial charge in [0.1, 0.15) is 0 Å². The molecule has 0 atom stereocenters. The molecule has 1 rings (SSSR count). The van der Waals surface area contributed by atoms with Crippen molar-refractivity contribution in [1.82, 2.24) is 0 Å². The summed E-state index contributed by atoms with van der Waals surface area (Å²) in [6.45, 7) is 2.31. The molecule has 1 aliphatic carbocycles. The Morgan fingerprint density at radius 3 is 2.50 bits per heavy atom. The van der Waals surface area contributed by atoms with Crippen LogP contribution in [0.1, 0.15) is 39.0 Å². The fourth-order valence-corrected chi connectivity index (χ4v) is 1.72. The highest BCUT2D eigenvalue weighted by Crippen LogP contribution is 2.30. The van der Waals surface area contributed by atoms with E-state index in [1.54, 1.807) is 6.92 Å². The van der Waals surface area contributed by atoms with Crippen molar-refractivity contribution in [1.29, 1.82) is 0 Å². The first-order valence-electron chi connectivity index (χ1n) is 4.38. The van der Waals surface area contributed by atoms with Gasteiger partial charge in [0.25, 0.3) is 6.47 Å². The average Bonchev–Trinajstić information content (AvgIpc) is 2.07. The smallest absolute Gasteiger partial charge is 0.294 e. The molecular weight excluding hydrogens is 152 g/mol. The Bertz CT molecular complexity index is 204. The lowest BCUT2D eigenvalue weighted by atomic mass is 9.85. The lowest BCUT2D eigenvalue weighted by Gasteiger charge is -2.30. The molecule has 0 heterocycles. The predicted molar refractivity (Wildman–Crippen MR) is 46.4 cm³/mol. The predicted octanol–water partition coefficient (Wildman–Crippen LogP) is 1.89. The van der Waals surface area contributed by atoms with Gasteiger partial charge >= 0.3 is 0 Å². The average molecular weight is 166 g/mol. The van der Waals surface area contributed by atoms with Gasteiger partial charge < -0.3 is 4.74 Å². The van der Waals surface area contributed by atoms with Crippen LogP contribution in [0.5, 0.6) is 0 Å². The number of rotatable bonds is 2. The largest absolute Gasteiger partial charge is 0.448 e. The first-order valence-corrected chi connectivity index (χ1v) is 4.38. The van der Waals surface area contributed by atoms with E-state index in [0.717, 1.165) is 25.7 Å². The van der Waals surface area contributed by atoms with E-state index in [9.17, 15) is 4.79 Å². The maximum atomic E-state index is 10.3. The highest BCUT2D eigenvalue weighted by Gasteiger charge is 2.31. The van der Waals surface area contributed by atoms with E-state index in [4.69, 9.17) is 4.74 Å². The van der Waals surface area contributed by atoms with Crippen LogP contribution >= 0.6 is 0 Å². The summed E-state index contributed by atoms with van der Waals surface area (Å²) in [5, 5.41) is 0. The second-order valence-corrected chi connectivity index (χ2v) is 3.14. The number of hydrogen-bond donors (Lipinski definition) is 0. The summed E-state index contributed by atoms with van der Waals surface area (Å²) >= 11 is 0. The van der Waals surface area contributed by atoms with Crippen LogP contribution in [0.4, 0.5) is 0 Å². The van der Waals surface area contributed by atoms with E-state index in [1.807, 2.05) is 0 Å². The van der Waals surface area contributed by atoms with Gasteiger partial charge in [-0.05, 0) is 32.6 Å². The molecule has 66 valence electrons. The van der Waals surface area contributed by atoms with Crippen molar-refractivity contribution in [3.05, 3.63) is 0 Å². The third-order valence-corrected chi connectivity index (χ3v) is 2.29. The van der Waals surface area contributed by atoms with E-state index in [0.29, 0.717) is 6.47 Å². The standard InChI is InChI=1S/C10H14O2/c1-2-6-10(12-9-11)7-4-3-5-8-10/h9H,3-5,7-8H2,1H3. The van der Waals surface area contributed by atoms with Crippen molar-refractivity contribution in [2.75, 3.05) is 0 Å². The molecule has 0 radical (unpaired) electrons. The molecule has 0 spiro atoms. The van der Waals surface area contributed by atoms with Gasteiger partial charge in [-0.2, -0.15) is 0 Å². The van der Waals surface area contributed by atoms with Crippen LogP contribution < -0.4 is 0 Å². The molecular formula is C10H14O2. The minimum Gasteiger partial charge on any atom is -0.448 e. The Morgan fingerprint density at radius 2 is 2.00 bits per heavy atom. The lowest BCUT2D eigenvalue weighted by Crippen LogP contribution is -2.32. The molecule has 0 bridgehead atoms. The van der Waals surface area contributed by atoms with Crippen LogP contribution in [0.25, 0.3) is 0 Å². The molecule has 0 aromatic carbocycles. The van der Waals surface area contributed by atoms with Crippen molar-refractivity contribution < 1.29 is 9.53 Å². The molecule has 1 fully saturated rings. The van der Waals surface area contributed by atoms with Gasteiger partial charge in [0.2, 0.25) is 0 Å². The molecule has 0 unspecified atom stereocenters. The molecule has 0 N–H and O–H groups in total. The lowest BCUT2D eigenvalue weighted by molar-refractivity contribution is -0.140. The summed E-state index contributed by atoms with van der Waals surface area (Å²) < 4.78 is 5.06. The number of carbonyl (C=O) groups is 1. The van der Waals surface area contributed by atoms with Crippen molar-refractivity contribution in [3.63, 3.8) is 0 Å². The SMILES string of the molecule is CC#CC1(OC=O)CCCCC1. The Balaban J connectivity index is 2.66. The molecule has 12 heavy (non-hydrogen) atoms. The van der Waals surface area contributed by atoms with Crippen LogP contribution in [-0.2, 0) is 9.53 Å². The number of ether oxygens (including phenoxy) is 1. The Kier molecular flexibility index (Phi) is 3.16.